The Morgan fingerprint density at radius 2 is 1.67 bits per heavy atom. The summed E-state index contributed by atoms with van der Waals surface area (Å²) in [5.74, 6) is -1.50. The van der Waals surface area contributed by atoms with Gasteiger partial charge in [-0.15, -0.1) is 0 Å². The zero-order valence-corrected chi connectivity index (χ0v) is 15.5. The molecule has 0 aromatic carbocycles. The molecular formula is C14H25F3N2O4S. The van der Waals surface area contributed by atoms with Crippen molar-refractivity contribution in [2.24, 2.45) is 0 Å². The quantitative estimate of drug-likeness (QED) is 0.666. The fraction of sp³-hybridized carbons (Fsp3) is 0.857. The van der Waals surface area contributed by atoms with E-state index in [1.165, 1.54) is 34.8 Å². The van der Waals surface area contributed by atoms with Crippen LogP contribution in [0.5, 0.6) is 0 Å². The SMILES string of the molecule is COC(=O)C[C@H](C)NC(=O)C[C@@](C)(N[S@@](=O)C(C)(C)C)C(F)(F)F. The maximum Gasteiger partial charge on any atom is 0.407 e. The smallest absolute Gasteiger partial charge is 0.407 e. The highest BCUT2D eigenvalue weighted by atomic mass is 32.2. The molecule has 0 saturated carbocycles. The fourth-order valence-corrected chi connectivity index (χ4v) is 2.49. The van der Waals surface area contributed by atoms with Gasteiger partial charge in [-0.25, -0.2) is 8.93 Å². The van der Waals surface area contributed by atoms with Gasteiger partial charge in [-0.1, -0.05) is 0 Å². The summed E-state index contributed by atoms with van der Waals surface area (Å²) in [6.45, 7) is 6.81. The second-order valence-corrected chi connectivity index (χ2v) is 8.70. The van der Waals surface area contributed by atoms with E-state index in [2.05, 4.69) is 10.1 Å². The third kappa shape index (κ3) is 7.16. The number of amides is 1. The molecule has 0 aliphatic heterocycles. The third-order valence-corrected chi connectivity index (χ3v) is 4.87. The molecule has 0 bridgehead atoms. The fourth-order valence-electron chi connectivity index (χ4n) is 1.58. The van der Waals surface area contributed by atoms with Crippen molar-refractivity contribution in [3.8, 4) is 0 Å². The molecule has 0 radical (unpaired) electrons. The van der Waals surface area contributed by atoms with E-state index in [9.17, 15) is 27.0 Å². The van der Waals surface area contributed by atoms with Gasteiger partial charge in [0.25, 0.3) is 0 Å². The van der Waals surface area contributed by atoms with Gasteiger partial charge in [0.2, 0.25) is 5.91 Å². The van der Waals surface area contributed by atoms with E-state index in [1.807, 2.05) is 4.72 Å². The highest BCUT2D eigenvalue weighted by Gasteiger charge is 2.54. The normalized spacial score (nSPS) is 17.5. The van der Waals surface area contributed by atoms with E-state index < -0.39 is 51.8 Å². The third-order valence-electron chi connectivity index (χ3n) is 3.12. The first-order chi connectivity index (χ1) is 10.6. The minimum Gasteiger partial charge on any atom is -0.469 e. The molecule has 2 N–H and O–H groups in total. The predicted octanol–water partition coefficient (Wildman–Crippen LogP) is 1.82. The summed E-state index contributed by atoms with van der Waals surface area (Å²) in [5.41, 5.74) is -2.67. The van der Waals surface area contributed by atoms with E-state index in [0.717, 1.165) is 6.92 Å². The minimum atomic E-state index is -4.79. The second kappa shape index (κ2) is 8.28. The van der Waals surface area contributed by atoms with E-state index in [1.54, 1.807) is 0 Å². The molecule has 10 heteroatoms. The van der Waals surface area contributed by atoms with Crippen LogP contribution in [-0.4, -0.2) is 45.7 Å². The van der Waals surface area contributed by atoms with Crippen molar-refractivity contribution in [2.75, 3.05) is 7.11 Å². The van der Waals surface area contributed by atoms with Gasteiger partial charge in [-0.3, -0.25) is 9.59 Å². The lowest BCUT2D eigenvalue weighted by Gasteiger charge is -2.34. The van der Waals surface area contributed by atoms with E-state index in [-0.39, 0.29) is 6.42 Å². The number of alkyl halides is 3. The predicted molar refractivity (Wildman–Crippen MR) is 84.3 cm³/mol. The topological polar surface area (TPSA) is 84.5 Å². The van der Waals surface area contributed by atoms with Gasteiger partial charge in [-0.05, 0) is 34.6 Å². The van der Waals surface area contributed by atoms with Gasteiger partial charge >= 0.3 is 12.1 Å². The van der Waals surface area contributed by atoms with Crippen LogP contribution in [0.3, 0.4) is 0 Å². The lowest BCUT2D eigenvalue weighted by Crippen LogP contribution is -2.59. The van der Waals surface area contributed by atoms with Crippen molar-refractivity contribution in [2.45, 2.75) is 70.0 Å². The monoisotopic (exact) mass is 374 g/mol. The lowest BCUT2D eigenvalue weighted by molar-refractivity contribution is -0.189. The number of hydrogen-bond acceptors (Lipinski definition) is 4. The summed E-state index contributed by atoms with van der Waals surface area (Å²) in [7, 11) is -0.847. The largest absolute Gasteiger partial charge is 0.469 e. The number of ether oxygens (including phenoxy) is 1. The molecular weight excluding hydrogens is 349 g/mol. The Hall–Kier alpha value is -1.16. The van der Waals surface area contributed by atoms with Crippen LogP contribution in [-0.2, 0) is 25.3 Å². The maximum absolute atomic E-state index is 13.4. The molecule has 0 unspecified atom stereocenters. The number of methoxy groups -OCH3 is 1. The van der Waals surface area contributed by atoms with E-state index in [4.69, 9.17) is 0 Å². The summed E-state index contributed by atoms with van der Waals surface area (Å²) in [5, 5.41) is 2.31. The second-order valence-electron chi connectivity index (χ2n) is 6.74. The molecule has 0 aromatic heterocycles. The van der Waals surface area contributed by atoms with Crippen molar-refractivity contribution in [3.63, 3.8) is 0 Å². The average Bonchev–Trinajstić information content (AvgIpc) is 2.35. The van der Waals surface area contributed by atoms with Crippen molar-refractivity contribution in [1.82, 2.24) is 10.0 Å². The molecule has 142 valence electrons. The van der Waals surface area contributed by atoms with E-state index in [0.29, 0.717) is 0 Å². The molecule has 0 rings (SSSR count). The number of hydrogen-bond donors (Lipinski definition) is 2. The molecule has 1 amide bonds. The standard InChI is InChI=1S/C14H25F3N2O4S/c1-9(7-11(21)23-6)18-10(20)8-13(5,14(15,16)17)19-24(22)12(2,3)4/h9,19H,7-8H2,1-6H3,(H,18,20)/t9-,13+,24-/m0/s1. The van der Waals surface area contributed by atoms with Crippen LogP contribution in [0.25, 0.3) is 0 Å². The van der Waals surface area contributed by atoms with E-state index >= 15 is 0 Å². The summed E-state index contributed by atoms with van der Waals surface area (Å²) in [6, 6.07) is -0.685. The Balaban J connectivity index is 5.07. The van der Waals surface area contributed by atoms with Gasteiger partial charge in [0.15, 0.2) is 0 Å². The van der Waals surface area contributed by atoms with Crippen LogP contribution >= 0.6 is 0 Å². The molecule has 0 spiro atoms. The summed E-state index contributed by atoms with van der Waals surface area (Å²) < 4.78 is 57.6. The van der Waals surface area contributed by atoms with Crippen LogP contribution in [0, 0.1) is 0 Å². The van der Waals surface area contributed by atoms with Gasteiger partial charge in [0.05, 0.1) is 35.7 Å². The number of carbonyl (C=O) groups excluding carboxylic acids is 2. The van der Waals surface area contributed by atoms with Gasteiger partial charge < -0.3 is 10.1 Å². The Morgan fingerprint density at radius 1 is 1.17 bits per heavy atom. The highest BCUT2D eigenvalue weighted by molar-refractivity contribution is 7.84. The molecule has 0 fully saturated rings. The van der Waals surface area contributed by atoms with Gasteiger partial charge in [0, 0.05) is 6.04 Å². The van der Waals surface area contributed by atoms with Crippen molar-refractivity contribution < 1.29 is 31.7 Å². The molecule has 24 heavy (non-hydrogen) atoms. The number of carbonyl (C=O) groups is 2. The minimum absolute atomic E-state index is 0.160. The number of nitrogens with one attached hydrogen (secondary N) is 2. The Kier molecular flexibility index (Phi) is 7.88. The first-order valence-corrected chi connectivity index (χ1v) is 8.40. The Morgan fingerprint density at radius 3 is 2.04 bits per heavy atom. The van der Waals surface area contributed by atoms with Crippen LogP contribution in [0.15, 0.2) is 0 Å². The summed E-state index contributed by atoms with van der Waals surface area (Å²) in [6.07, 6.45) is -5.92. The first kappa shape index (κ1) is 22.8. The number of halogens is 3. The maximum atomic E-state index is 13.4. The summed E-state index contributed by atoms with van der Waals surface area (Å²) in [4.78, 5) is 23.0. The highest BCUT2D eigenvalue weighted by Crippen LogP contribution is 2.34. The molecule has 0 saturated heterocycles. The van der Waals surface area contributed by atoms with Crippen molar-refractivity contribution >= 4 is 22.9 Å². The first-order valence-electron chi connectivity index (χ1n) is 7.25. The number of esters is 1. The lowest BCUT2D eigenvalue weighted by atomic mass is 9.98. The van der Waals surface area contributed by atoms with Crippen LogP contribution < -0.4 is 10.0 Å². The number of rotatable bonds is 7. The Bertz CT molecular complexity index is 491. The van der Waals surface area contributed by atoms with Crippen molar-refractivity contribution in [1.29, 1.82) is 0 Å². The van der Waals surface area contributed by atoms with Gasteiger partial charge in [0.1, 0.15) is 5.54 Å². The zero-order valence-electron chi connectivity index (χ0n) is 14.7. The molecule has 0 heterocycles. The van der Waals surface area contributed by atoms with Gasteiger partial charge in [-0.2, -0.15) is 13.2 Å². The summed E-state index contributed by atoms with van der Waals surface area (Å²) >= 11 is 0. The molecule has 0 aliphatic carbocycles. The van der Waals surface area contributed by atoms with Crippen LogP contribution in [0.4, 0.5) is 13.2 Å². The molecule has 3 atom stereocenters. The van der Waals surface area contributed by atoms with Crippen LogP contribution in [0.2, 0.25) is 0 Å². The van der Waals surface area contributed by atoms with Crippen molar-refractivity contribution in [3.05, 3.63) is 0 Å². The zero-order chi connectivity index (χ0) is 19.3. The Labute approximate surface area is 142 Å². The average molecular weight is 374 g/mol. The molecule has 0 aliphatic rings. The molecule has 0 aromatic rings. The molecule has 6 nitrogen and oxygen atoms in total. The van der Waals surface area contributed by atoms with Crippen LogP contribution in [0.1, 0.15) is 47.5 Å².